The number of fused-ring (bicyclic) bond motifs is 6. The summed E-state index contributed by atoms with van der Waals surface area (Å²) < 4.78 is 44.9. The second kappa shape index (κ2) is 5.03. The summed E-state index contributed by atoms with van der Waals surface area (Å²) in [6, 6.07) is 10.8. The number of hydrogen-bond donors (Lipinski definition) is 1. The fourth-order valence-electron chi connectivity index (χ4n) is 3.78. The number of alkyl halides is 3. The molecule has 0 saturated heterocycles. The van der Waals surface area contributed by atoms with Crippen LogP contribution in [0.15, 0.2) is 42.5 Å². The number of amides is 1. The lowest BCUT2D eigenvalue weighted by Crippen LogP contribution is -2.45. The van der Waals surface area contributed by atoms with Gasteiger partial charge in [0, 0.05) is 17.4 Å². The summed E-state index contributed by atoms with van der Waals surface area (Å²) in [5, 5.41) is 1.05. The van der Waals surface area contributed by atoms with Crippen molar-refractivity contribution in [2.24, 2.45) is 0 Å². The Morgan fingerprint density at radius 1 is 1.15 bits per heavy atom. The average molecular weight is 358 g/mol. The molecule has 0 aliphatic carbocycles. The molecule has 2 aliphatic heterocycles. The van der Waals surface area contributed by atoms with Crippen molar-refractivity contribution in [1.29, 1.82) is 0 Å². The summed E-state index contributed by atoms with van der Waals surface area (Å²) in [4.78, 5) is 17.6. The molecule has 1 aromatic heterocycles. The van der Waals surface area contributed by atoms with E-state index in [-0.39, 0.29) is 17.2 Å². The molecule has 1 amide bonds. The van der Waals surface area contributed by atoms with E-state index in [0.717, 1.165) is 34.3 Å². The van der Waals surface area contributed by atoms with E-state index in [9.17, 15) is 18.0 Å². The summed E-state index contributed by atoms with van der Waals surface area (Å²) >= 11 is 0. The highest BCUT2D eigenvalue weighted by Crippen LogP contribution is 2.42. The second-order valence-electron chi connectivity index (χ2n) is 6.49. The number of halogens is 3. The van der Waals surface area contributed by atoms with Gasteiger partial charge in [-0.1, -0.05) is 18.2 Å². The first-order chi connectivity index (χ1) is 12.4. The predicted octanol–water partition coefficient (Wildman–Crippen LogP) is 4.28. The van der Waals surface area contributed by atoms with Crippen LogP contribution in [-0.4, -0.2) is 22.3 Å². The number of para-hydroxylation sites is 1. The van der Waals surface area contributed by atoms with Crippen LogP contribution in [-0.2, 0) is 12.6 Å². The van der Waals surface area contributed by atoms with Gasteiger partial charge in [-0.2, -0.15) is 13.2 Å². The molecule has 0 spiro atoms. The molecule has 0 bridgehead atoms. The molecule has 1 N–H and O–H groups in total. The predicted molar refractivity (Wildman–Crippen MR) is 87.9 cm³/mol. The molecule has 0 saturated carbocycles. The van der Waals surface area contributed by atoms with E-state index in [1.54, 1.807) is 4.90 Å². The summed E-state index contributed by atoms with van der Waals surface area (Å²) in [6.45, 7) is 0.457. The minimum Gasteiger partial charge on any atom is -0.464 e. The summed E-state index contributed by atoms with van der Waals surface area (Å²) in [7, 11) is 0. The molecule has 1 atom stereocenters. The maximum Gasteiger partial charge on any atom is 0.416 e. The number of nitrogens with zero attached hydrogens (tertiary/aromatic N) is 1. The number of aromatic amines is 1. The smallest absolute Gasteiger partial charge is 0.416 e. The van der Waals surface area contributed by atoms with Gasteiger partial charge in [0.2, 0.25) is 6.23 Å². The fourth-order valence-corrected chi connectivity index (χ4v) is 3.78. The second-order valence-corrected chi connectivity index (χ2v) is 6.49. The van der Waals surface area contributed by atoms with Gasteiger partial charge in [0.05, 0.1) is 16.8 Å². The van der Waals surface area contributed by atoms with E-state index in [1.165, 1.54) is 6.07 Å². The van der Waals surface area contributed by atoms with Crippen molar-refractivity contribution in [2.75, 3.05) is 6.54 Å². The summed E-state index contributed by atoms with van der Waals surface area (Å²) in [5.41, 5.74) is 2.03. The lowest BCUT2D eigenvalue weighted by Gasteiger charge is -2.39. The lowest BCUT2D eigenvalue weighted by molar-refractivity contribution is -0.137. The molecule has 3 heterocycles. The molecule has 0 fully saturated rings. The normalized spacial score (nSPS) is 19.0. The Labute approximate surface area is 146 Å². The van der Waals surface area contributed by atoms with Crippen LogP contribution in [0.4, 0.5) is 13.2 Å². The van der Waals surface area contributed by atoms with Gasteiger partial charge in [0.15, 0.2) is 0 Å². The van der Waals surface area contributed by atoms with Gasteiger partial charge in [-0.15, -0.1) is 0 Å². The first kappa shape index (κ1) is 15.3. The van der Waals surface area contributed by atoms with Crippen LogP contribution in [0, 0.1) is 0 Å². The topological polar surface area (TPSA) is 45.3 Å². The molecular weight excluding hydrogens is 345 g/mol. The number of benzene rings is 2. The van der Waals surface area contributed by atoms with Crippen LogP contribution in [0.3, 0.4) is 0 Å². The molecule has 0 radical (unpaired) electrons. The minimum absolute atomic E-state index is 0.0300. The molecule has 2 aliphatic rings. The van der Waals surface area contributed by atoms with Crippen molar-refractivity contribution in [1.82, 2.24) is 9.88 Å². The number of aromatic nitrogens is 1. The number of carbonyl (C=O) groups excluding carboxylic acids is 1. The molecule has 3 aromatic rings. The summed E-state index contributed by atoms with van der Waals surface area (Å²) in [5.74, 6) is -0.341. The van der Waals surface area contributed by atoms with Gasteiger partial charge in [-0.05, 0) is 36.2 Å². The molecular formula is C19H13F3N2O2. The molecule has 26 heavy (non-hydrogen) atoms. The van der Waals surface area contributed by atoms with Crippen LogP contribution >= 0.6 is 0 Å². The van der Waals surface area contributed by atoms with Crippen LogP contribution in [0.5, 0.6) is 5.75 Å². The third-order valence-electron chi connectivity index (χ3n) is 5.02. The zero-order chi connectivity index (χ0) is 18.1. The standard InChI is InChI=1S/C19H13F3N2O2/c20-19(21,22)10-5-6-13-15(9-10)26-18-16-12(7-8-24(18)17(13)25)11-3-1-2-4-14(11)23-16/h1-6,9,18,23H,7-8H2. The quantitative estimate of drug-likeness (QED) is 0.652. The monoisotopic (exact) mass is 358 g/mol. The summed E-state index contributed by atoms with van der Waals surface area (Å²) in [6.07, 6.45) is -4.56. The van der Waals surface area contributed by atoms with E-state index < -0.39 is 18.0 Å². The Bertz CT molecular complexity index is 1050. The van der Waals surface area contributed by atoms with Gasteiger partial charge < -0.3 is 9.72 Å². The van der Waals surface area contributed by atoms with Crippen molar-refractivity contribution in [2.45, 2.75) is 18.8 Å². The molecule has 132 valence electrons. The van der Waals surface area contributed by atoms with Crippen LogP contribution in [0.1, 0.15) is 33.4 Å². The van der Waals surface area contributed by atoms with Crippen molar-refractivity contribution in [3.63, 3.8) is 0 Å². The first-order valence-corrected chi connectivity index (χ1v) is 8.22. The average Bonchev–Trinajstić information content (AvgIpc) is 3.00. The van der Waals surface area contributed by atoms with Gasteiger partial charge in [0.25, 0.3) is 5.91 Å². The third-order valence-corrected chi connectivity index (χ3v) is 5.02. The Balaban J connectivity index is 1.64. The Kier molecular flexibility index (Phi) is 2.96. The zero-order valence-electron chi connectivity index (χ0n) is 13.4. The van der Waals surface area contributed by atoms with Gasteiger partial charge in [-0.3, -0.25) is 9.69 Å². The SMILES string of the molecule is O=C1c2ccc(C(F)(F)F)cc2OC2c3[nH]c4ccccc4c3CCN12. The first-order valence-electron chi connectivity index (χ1n) is 8.22. The van der Waals surface area contributed by atoms with Crippen molar-refractivity contribution in [3.05, 3.63) is 64.8 Å². The van der Waals surface area contributed by atoms with Crippen molar-refractivity contribution < 1.29 is 22.7 Å². The number of rotatable bonds is 0. The van der Waals surface area contributed by atoms with Crippen LogP contribution < -0.4 is 4.74 Å². The lowest BCUT2D eigenvalue weighted by atomic mass is 9.99. The number of nitrogens with one attached hydrogen (secondary N) is 1. The molecule has 1 unspecified atom stereocenters. The van der Waals surface area contributed by atoms with E-state index >= 15 is 0 Å². The Morgan fingerprint density at radius 2 is 1.96 bits per heavy atom. The van der Waals surface area contributed by atoms with Crippen molar-refractivity contribution >= 4 is 16.8 Å². The molecule has 7 heteroatoms. The maximum absolute atomic E-state index is 13.0. The van der Waals surface area contributed by atoms with Crippen LogP contribution in [0.2, 0.25) is 0 Å². The van der Waals surface area contributed by atoms with E-state index in [0.29, 0.717) is 13.0 Å². The Morgan fingerprint density at radius 3 is 2.77 bits per heavy atom. The highest BCUT2D eigenvalue weighted by molar-refractivity contribution is 5.98. The van der Waals surface area contributed by atoms with Gasteiger partial charge in [0.1, 0.15) is 5.75 Å². The highest BCUT2D eigenvalue weighted by atomic mass is 19.4. The van der Waals surface area contributed by atoms with E-state index in [4.69, 9.17) is 4.74 Å². The largest absolute Gasteiger partial charge is 0.464 e. The minimum atomic E-state index is -4.49. The number of hydrogen-bond acceptors (Lipinski definition) is 2. The van der Waals surface area contributed by atoms with Gasteiger partial charge in [-0.25, -0.2) is 0 Å². The number of H-pyrrole nitrogens is 1. The maximum atomic E-state index is 13.0. The zero-order valence-corrected chi connectivity index (χ0v) is 13.4. The van der Waals surface area contributed by atoms with Crippen LogP contribution in [0.25, 0.3) is 10.9 Å². The van der Waals surface area contributed by atoms with E-state index in [2.05, 4.69) is 4.98 Å². The van der Waals surface area contributed by atoms with Crippen molar-refractivity contribution in [3.8, 4) is 5.75 Å². The number of carbonyl (C=O) groups is 1. The highest BCUT2D eigenvalue weighted by Gasteiger charge is 2.41. The third kappa shape index (κ3) is 2.06. The van der Waals surface area contributed by atoms with E-state index in [1.807, 2.05) is 24.3 Å². The Hall–Kier alpha value is -2.96. The van der Waals surface area contributed by atoms with Gasteiger partial charge >= 0.3 is 6.18 Å². The molecule has 5 rings (SSSR count). The molecule has 4 nitrogen and oxygen atoms in total. The molecule has 2 aromatic carbocycles. The number of ether oxygens (including phenoxy) is 1. The fraction of sp³-hybridized carbons (Fsp3) is 0.211.